The van der Waals surface area contributed by atoms with Crippen LogP contribution in [0.2, 0.25) is 0 Å². The van der Waals surface area contributed by atoms with Crippen LogP contribution in [0.1, 0.15) is 6.42 Å². The van der Waals surface area contributed by atoms with Gasteiger partial charge in [-0.05, 0) is 12.5 Å². The molecule has 0 saturated carbocycles. The van der Waals surface area contributed by atoms with E-state index < -0.39 is 17.7 Å². The van der Waals surface area contributed by atoms with Crippen molar-refractivity contribution in [2.75, 3.05) is 7.05 Å². The van der Waals surface area contributed by atoms with Gasteiger partial charge in [0.25, 0.3) is 5.91 Å². The lowest BCUT2D eigenvalue weighted by atomic mass is 9.94. The highest BCUT2D eigenvalue weighted by atomic mass is 19.3. The number of allylic oxidation sites excluding steroid dienone is 4. The van der Waals surface area contributed by atoms with Crippen LogP contribution < -0.4 is 0 Å². The maximum absolute atomic E-state index is 13.3. The van der Waals surface area contributed by atoms with Gasteiger partial charge < -0.3 is 4.90 Å². The van der Waals surface area contributed by atoms with Gasteiger partial charge in [0.1, 0.15) is 0 Å². The van der Waals surface area contributed by atoms with Crippen LogP contribution >= 0.6 is 0 Å². The minimum absolute atomic E-state index is 0.245. The maximum atomic E-state index is 13.3. The molecule has 0 aromatic heterocycles. The van der Waals surface area contributed by atoms with Gasteiger partial charge in [-0.25, -0.2) is 0 Å². The van der Waals surface area contributed by atoms with E-state index >= 15 is 0 Å². The molecule has 0 aromatic rings. The second-order valence-electron chi connectivity index (χ2n) is 3.30. The van der Waals surface area contributed by atoms with Gasteiger partial charge in [0, 0.05) is 12.7 Å². The molecule has 70 valence electrons. The number of carbonyl (C=O) groups excluding carboxylic acids is 1. The predicted octanol–water partition coefficient (Wildman–Crippen LogP) is 1.55. The van der Waals surface area contributed by atoms with Gasteiger partial charge in [-0.3, -0.25) is 4.79 Å². The Morgan fingerprint density at radius 1 is 1.62 bits per heavy atom. The monoisotopic (exact) mass is 185 g/mol. The molecule has 1 amide bonds. The van der Waals surface area contributed by atoms with Gasteiger partial charge in [0.2, 0.25) is 0 Å². The Balaban J connectivity index is 2.46. The van der Waals surface area contributed by atoms with Crippen molar-refractivity contribution in [3.05, 3.63) is 23.9 Å². The molecule has 1 aliphatic carbocycles. The highest BCUT2D eigenvalue weighted by Crippen LogP contribution is 2.44. The smallest absolute Gasteiger partial charge is 0.313 e. The van der Waals surface area contributed by atoms with Gasteiger partial charge in [-0.2, -0.15) is 8.78 Å². The summed E-state index contributed by atoms with van der Waals surface area (Å²) in [5, 5.41) is 0. The zero-order valence-corrected chi connectivity index (χ0v) is 7.13. The first kappa shape index (κ1) is 8.41. The number of nitrogens with zero attached hydrogens (tertiary/aromatic N) is 1. The Kier molecular flexibility index (Phi) is 1.55. The largest absolute Gasteiger partial charge is 0.333 e. The molecule has 1 atom stereocenters. The summed E-state index contributed by atoms with van der Waals surface area (Å²) in [6.07, 6.45) is 5.19. The van der Waals surface area contributed by atoms with E-state index in [0.717, 1.165) is 4.90 Å². The standard InChI is InChI=1S/C9H9F2NO/c1-12-7-5-3-2-4-6(7)9(10,11)8(12)13/h2-3,5-6H,4H2,1H3. The Hall–Kier alpha value is -1.19. The summed E-state index contributed by atoms with van der Waals surface area (Å²) >= 11 is 0. The molecule has 2 aliphatic rings. The molecular weight excluding hydrogens is 176 g/mol. The van der Waals surface area contributed by atoms with E-state index in [1.165, 1.54) is 7.05 Å². The van der Waals surface area contributed by atoms with Crippen LogP contribution in [0.3, 0.4) is 0 Å². The molecule has 2 nitrogen and oxygen atoms in total. The van der Waals surface area contributed by atoms with Crippen molar-refractivity contribution in [1.82, 2.24) is 4.90 Å². The Bertz CT molecular complexity index is 320. The summed E-state index contributed by atoms with van der Waals surface area (Å²) in [5.41, 5.74) is 0.428. The average molecular weight is 185 g/mol. The quantitative estimate of drug-likeness (QED) is 0.560. The van der Waals surface area contributed by atoms with E-state index in [1.54, 1.807) is 18.2 Å². The molecule has 1 aliphatic heterocycles. The van der Waals surface area contributed by atoms with Crippen molar-refractivity contribution in [2.45, 2.75) is 12.3 Å². The molecule has 1 fully saturated rings. The van der Waals surface area contributed by atoms with Gasteiger partial charge >= 0.3 is 5.92 Å². The Morgan fingerprint density at radius 2 is 2.31 bits per heavy atom. The fourth-order valence-corrected chi connectivity index (χ4v) is 1.79. The van der Waals surface area contributed by atoms with Crippen molar-refractivity contribution in [1.29, 1.82) is 0 Å². The third kappa shape index (κ3) is 0.944. The van der Waals surface area contributed by atoms with Gasteiger partial charge in [-0.15, -0.1) is 0 Å². The Labute approximate surface area is 74.5 Å². The van der Waals surface area contributed by atoms with Crippen LogP contribution in [0.25, 0.3) is 0 Å². The fraction of sp³-hybridized carbons (Fsp3) is 0.444. The van der Waals surface area contributed by atoms with Crippen LogP contribution in [0.5, 0.6) is 0 Å². The Morgan fingerprint density at radius 3 is 2.92 bits per heavy atom. The van der Waals surface area contributed by atoms with Crippen LogP contribution in [0.4, 0.5) is 8.78 Å². The SMILES string of the molecule is CN1C(=O)C(F)(F)C2CC=CC=C21. The second kappa shape index (κ2) is 2.40. The molecule has 0 bridgehead atoms. The van der Waals surface area contributed by atoms with Gasteiger partial charge in [0.15, 0.2) is 0 Å². The number of carbonyl (C=O) groups is 1. The molecular formula is C9H9F2NO. The maximum Gasteiger partial charge on any atom is 0.333 e. The summed E-state index contributed by atoms with van der Waals surface area (Å²) in [4.78, 5) is 12.2. The third-order valence-corrected chi connectivity index (χ3v) is 2.55. The molecule has 13 heavy (non-hydrogen) atoms. The van der Waals surface area contributed by atoms with Crippen molar-refractivity contribution in [3.8, 4) is 0 Å². The van der Waals surface area contributed by atoms with E-state index in [-0.39, 0.29) is 6.42 Å². The lowest BCUT2D eigenvalue weighted by Crippen LogP contribution is -2.33. The zero-order chi connectivity index (χ0) is 9.64. The second-order valence-corrected chi connectivity index (χ2v) is 3.30. The summed E-state index contributed by atoms with van der Waals surface area (Å²) in [6, 6.07) is 0. The number of hydrogen-bond acceptors (Lipinski definition) is 1. The first-order valence-electron chi connectivity index (χ1n) is 4.08. The predicted molar refractivity (Wildman–Crippen MR) is 43.0 cm³/mol. The molecule has 0 N–H and O–H groups in total. The highest BCUT2D eigenvalue weighted by molar-refractivity contribution is 5.89. The van der Waals surface area contributed by atoms with Gasteiger partial charge in [0.05, 0.1) is 5.92 Å². The average Bonchev–Trinajstić information content (AvgIpc) is 2.30. The minimum Gasteiger partial charge on any atom is -0.313 e. The van der Waals surface area contributed by atoms with Crippen LogP contribution in [-0.4, -0.2) is 23.8 Å². The first-order chi connectivity index (χ1) is 6.05. The fourth-order valence-electron chi connectivity index (χ4n) is 1.79. The summed E-state index contributed by atoms with van der Waals surface area (Å²) < 4.78 is 26.5. The number of halogens is 2. The van der Waals surface area contributed by atoms with Crippen LogP contribution in [0.15, 0.2) is 23.9 Å². The first-order valence-corrected chi connectivity index (χ1v) is 4.08. The van der Waals surface area contributed by atoms with E-state index in [0.29, 0.717) is 5.70 Å². The molecule has 0 radical (unpaired) electrons. The van der Waals surface area contributed by atoms with E-state index in [4.69, 9.17) is 0 Å². The van der Waals surface area contributed by atoms with Crippen LogP contribution in [0, 0.1) is 5.92 Å². The summed E-state index contributed by atoms with van der Waals surface area (Å²) in [7, 11) is 1.39. The van der Waals surface area contributed by atoms with Crippen molar-refractivity contribution in [2.24, 2.45) is 5.92 Å². The minimum atomic E-state index is -3.22. The van der Waals surface area contributed by atoms with Gasteiger partial charge in [-0.1, -0.05) is 12.2 Å². The van der Waals surface area contributed by atoms with E-state index in [1.807, 2.05) is 0 Å². The number of rotatable bonds is 0. The number of alkyl halides is 2. The van der Waals surface area contributed by atoms with Crippen molar-refractivity contribution >= 4 is 5.91 Å². The summed E-state index contributed by atoms with van der Waals surface area (Å²) in [6.45, 7) is 0. The molecule has 1 heterocycles. The lowest BCUT2D eigenvalue weighted by Gasteiger charge is -2.17. The number of fused-ring (bicyclic) bond motifs is 1. The molecule has 4 heteroatoms. The third-order valence-electron chi connectivity index (χ3n) is 2.55. The summed E-state index contributed by atoms with van der Waals surface area (Å²) in [5.74, 6) is -5.26. The van der Waals surface area contributed by atoms with E-state index in [2.05, 4.69) is 0 Å². The molecule has 1 unspecified atom stereocenters. The molecule has 0 spiro atoms. The van der Waals surface area contributed by atoms with Crippen LogP contribution in [-0.2, 0) is 4.79 Å². The molecule has 2 rings (SSSR count). The lowest BCUT2D eigenvalue weighted by molar-refractivity contribution is -0.150. The molecule has 0 aromatic carbocycles. The number of likely N-dealkylation sites (tertiary alicyclic amines) is 1. The number of hydrogen-bond donors (Lipinski definition) is 0. The van der Waals surface area contributed by atoms with Crippen molar-refractivity contribution < 1.29 is 13.6 Å². The molecule has 1 saturated heterocycles. The normalized spacial score (nSPS) is 30.4. The van der Waals surface area contributed by atoms with E-state index in [9.17, 15) is 13.6 Å². The number of amides is 1. The highest BCUT2D eigenvalue weighted by Gasteiger charge is 2.57. The van der Waals surface area contributed by atoms with Crippen molar-refractivity contribution in [3.63, 3.8) is 0 Å². The zero-order valence-electron chi connectivity index (χ0n) is 7.13. The topological polar surface area (TPSA) is 20.3 Å².